The average Bonchev–Trinajstić information content (AvgIpc) is 3.16. The summed E-state index contributed by atoms with van der Waals surface area (Å²) in [5.74, 6) is -1.29. The molecule has 1 heterocycles. The van der Waals surface area contributed by atoms with Crippen LogP contribution in [-0.2, 0) is 19.1 Å². The first-order chi connectivity index (χ1) is 14.8. The number of aryl methyl sites for hydroxylation is 1. The molecule has 0 unspecified atom stereocenters. The maximum Gasteiger partial charge on any atom is 0.311 e. The first-order valence-corrected chi connectivity index (χ1v) is 10.7. The van der Waals surface area contributed by atoms with Crippen LogP contribution in [0.4, 0.5) is 11.4 Å². The summed E-state index contributed by atoms with van der Waals surface area (Å²) >= 11 is 0. The van der Waals surface area contributed by atoms with Crippen molar-refractivity contribution in [1.29, 1.82) is 0 Å². The van der Waals surface area contributed by atoms with Crippen molar-refractivity contribution in [3.63, 3.8) is 0 Å². The highest BCUT2D eigenvalue weighted by Gasteiger charge is 2.37. The molecular formula is C25H30N2O4. The predicted molar refractivity (Wildman–Crippen MR) is 121 cm³/mol. The average molecular weight is 423 g/mol. The molecule has 0 aromatic heterocycles. The Morgan fingerprint density at radius 1 is 1.16 bits per heavy atom. The molecule has 0 saturated carbocycles. The van der Waals surface area contributed by atoms with E-state index in [1.54, 1.807) is 4.90 Å². The minimum atomic E-state index is -0.578. The summed E-state index contributed by atoms with van der Waals surface area (Å²) in [6, 6.07) is 13.5. The minimum absolute atomic E-state index is 0.0896. The number of nitrogens with zero attached hydrogens (tertiary/aromatic N) is 1. The molecular weight excluding hydrogens is 392 g/mol. The number of anilines is 2. The summed E-state index contributed by atoms with van der Waals surface area (Å²) < 4.78 is 5.23. The second-order valence-corrected chi connectivity index (χ2v) is 8.18. The number of hydrogen-bond donors (Lipinski definition) is 1. The highest BCUT2D eigenvalue weighted by Crippen LogP contribution is 2.33. The quantitative estimate of drug-likeness (QED) is 0.673. The van der Waals surface area contributed by atoms with Gasteiger partial charge in [0.1, 0.15) is 0 Å². The van der Waals surface area contributed by atoms with Gasteiger partial charge in [0.25, 0.3) is 5.91 Å². The number of carbonyl (C=O) groups is 3. The lowest BCUT2D eigenvalue weighted by Gasteiger charge is -2.23. The van der Waals surface area contributed by atoms with Crippen molar-refractivity contribution >= 4 is 29.2 Å². The van der Waals surface area contributed by atoms with Gasteiger partial charge in [-0.15, -0.1) is 0 Å². The highest BCUT2D eigenvalue weighted by molar-refractivity contribution is 6.00. The lowest BCUT2D eigenvalue weighted by atomic mass is 9.96. The lowest BCUT2D eigenvalue weighted by Crippen LogP contribution is -2.29. The van der Waals surface area contributed by atoms with Crippen LogP contribution < -0.4 is 10.2 Å². The fraction of sp³-hybridized carbons (Fsp3) is 0.400. The number of ether oxygens (including phenoxy) is 1. The van der Waals surface area contributed by atoms with E-state index in [9.17, 15) is 14.4 Å². The number of amides is 2. The number of rotatable bonds is 7. The third kappa shape index (κ3) is 5.13. The zero-order valence-electron chi connectivity index (χ0n) is 18.6. The Morgan fingerprint density at radius 3 is 2.65 bits per heavy atom. The molecule has 31 heavy (non-hydrogen) atoms. The van der Waals surface area contributed by atoms with Crippen LogP contribution in [0.5, 0.6) is 0 Å². The number of nitrogens with one attached hydrogen (secondary N) is 1. The summed E-state index contributed by atoms with van der Waals surface area (Å²) in [5, 5.41) is 2.77. The number of esters is 1. The van der Waals surface area contributed by atoms with E-state index in [-0.39, 0.29) is 25.5 Å². The van der Waals surface area contributed by atoms with Crippen LogP contribution in [0.25, 0.3) is 0 Å². The molecule has 2 aromatic rings. The van der Waals surface area contributed by atoms with Crippen LogP contribution in [0.3, 0.4) is 0 Å². The molecule has 1 fully saturated rings. The van der Waals surface area contributed by atoms with Gasteiger partial charge in [-0.05, 0) is 55.0 Å². The van der Waals surface area contributed by atoms with Crippen molar-refractivity contribution in [2.75, 3.05) is 23.4 Å². The minimum Gasteiger partial charge on any atom is -0.455 e. The molecule has 1 aliphatic rings. The Morgan fingerprint density at radius 2 is 1.90 bits per heavy atom. The fourth-order valence-corrected chi connectivity index (χ4v) is 3.80. The van der Waals surface area contributed by atoms with Crippen LogP contribution >= 0.6 is 0 Å². The SMILES string of the molecule is CC[C@H](C)c1ccccc1N1C[C@H](C(=O)OCC(=O)Nc2cccc(C)c2C)CC1=O. The molecule has 1 saturated heterocycles. The highest BCUT2D eigenvalue weighted by atomic mass is 16.5. The second-order valence-electron chi connectivity index (χ2n) is 8.18. The van der Waals surface area contributed by atoms with E-state index in [0.717, 1.165) is 28.8 Å². The molecule has 0 aliphatic carbocycles. The lowest BCUT2D eigenvalue weighted by molar-refractivity contribution is -0.151. The van der Waals surface area contributed by atoms with Crippen LogP contribution in [-0.4, -0.2) is 30.9 Å². The van der Waals surface area contributed by atoms with Gasteiger partial charge in [-0.3, -0.25) is 14.4 Å². The zero-order chi connectivity index (χ0) is 22.5. The first-order valence-electron chi connectivity index (χ1n) is 10.7. The molecule has 2 amide bonds. The molecule has 6 nitrogen and oxygen atoms in total. The van der Waals surface area contributed by atoms with Gasteiger partial charge in [0, 0.05) is 24.3 Å². The van der Waals surface area contributed by atoms with E-state index in [1.165, 1.54) is 0 Å². The van der Waals surface area contributed by atoms with Crippen molar-refractivity contribution in [2.24, 2.45) is 5.92 Å². The molecule has 0 radical (unpaired) electrons. The topological polar surface area (TPSA) is 75.7 Å². The van der Waals surface area contributed by atoms with Crippen LogP contribution in [0.15, 0.2) is 42.5 Å². The van der Waals surface area contributed by atoms with Crippen LogP contribution in [0.1, 0.15) is 49.3 Å². The van der Waals surface area contributed by atoms with Gasteiger partial charge in [-0.1, -0.05) is 44.2 Å². The monoisotopic (exact) mass is 422 g/mol. The van der Waals surface area contributed by atoms with Crippen molar-refractivity contribution in [2.45, 2.75) is 46.5 Å². The Balaban J connectivity index is 1.60. The van der Waals surface area contributed by atoms with Crippen molar-refractivity contribution in [1.82, 2.24) is 0 Å². The smallest absolute Gasteiger partial charge is 0.311 e. The molecule has 6 heteroatoms. The zero-order valence-corrected chi connectivity index (χ0v) is 18.6. The Bertz CT molecular complexity index is 985. The van der Waals surface area contributed by atoms with Crippen LogP contribution in [0, 0.1) is 19.8 Å². The predicted octanol–water partition coefficient (Wildman–Crippen LogP) is 4.35. The van der Waals surface area contributed by atoms with Gasteiger partial charge in [-0.2, -0.15) is 0 Å². The third-order valence-corrected chi connectivity index (χ3v) is 6.05. The standard InChI is InChI=1S/C25H30N2O4/c1-5-16(2)20-10-6-7-12-22(20)27-14-19(13-24(27)29)25(30)31-15-23(28)26-21-11-8-9-17(3)18(21)4/h6-12,16,19H,5,13-15H2,1-4H3,(H,26,28)/t16-,19+/m0/s1. The number of hydrogen-bond acceptors (Lipinski definition) is 4. The molecule has 3 rings (SSSR count). The summed E-state index contributed by atoms with van der Waals surface area (Å²) in [7, 11) is 0. The largest absolute Gasteiger partial charge is 0.455 e. The molecule has 1 aliphatic heterocycles. The summed E-state index contributed by atoms with van der Waals surface area (Å²) in [5.41, 5.74) is 4.69. The summed E-state index contributed by atoms with van der Waals surface area (Å²) in [6.07, 6.45) is 1.05. The molecule has 1 N–H and O–H groups in total. The summed E-state index contributed by atoms with van der Waals surface area (Å²) in [6.45, 7) is 8.01. The van der Waals surface area contributed by atoms with E-state index in [2.05, 4.69) is 19.2 Å². The summed E-state index contributed by atoms with van der Waals surface area (Å²) in [4.78, 5) is 39.1. The van der Waals surface area contributed by atoms with E-state index in [0.29, 0.717) is 11.6 Å². The van der Waals surface area contributed by atoms with Gasteiger partial charge < -0.3 is 15.0 Å². The van der Waals surface area contributed by atoms with Crippen molar-refractivity contribution in [3.05, 3.63) is 59.2 Å². The maximum atomic E-state index is 12.6. The first kappa shape index (κ1) is 22.5. The van der Waals surface area contributed by atoms with E-state index in [1.807, 2.05) is 56.3 Å². The molecule has 0 spiro atoms. The van der Waals surface area contributed by atoms with E-state index in [4.69, 9.17) is 4.74 Å². The van der Waals surface area contributed by atoms with E-state index < -0.39 is 17.8 Å². The Kier molecular flexibility index (Phi) is 7.10. The van der Waals surface area contributed by atoms with E-state index >= 15 is 0 Å². The second kappa shape index (κ2) is 9.77. The van der Waals surface area contributed by atoms with Gasteiger partial charge in [-0.25, -0.2) is 0 Å². The number of para-hydroxylation sites is 1. The molecule has 2 aromatic carbocycles. The van der Waals surface area contributed by atoms with Gasteiger partial charge in [0.2, 0.25) is 5.91 Å². The van der Waals surface area contributed by atoms with Crippen molar-refractivity contribution in [3.8, 4) is 0 Å². The van der Waals surface area contributed by atoms with Gasteiger partial charge >= 0.3 is 5.97 Å². The molecule has 2 atom stereocenters. The molecule has 0 bridgehead atoms. The van der Waals surface area contributed by atoms with Crippen LogP contribution in [0.2, 0.25) is 0 Å². The van der Waals surface area contributed by atoms with Crippen molar-refractivity contribution < 1.29 is 19.1 Å². The third-order valence-electron chi connectivity index (χ3n) is 6.05. The Hall–Kier alpha value is -3.15. The fourth-order valence-electron chi connectivity index (χ4n) is 3.80. The number of benzene rings is 2. The Labute approximate surface area is 183 Å². The maximum absolute atomic E-state index is 12.6. The number of carbonyl (C=O) groups excluding carboxylic acids is 3. The normalized spacial score (nSPS) is 16.8. The van der Waals surface area contributed by atoms with Gasteiger partial charge in [0.15, 0.2) is 6.61 Å². The van der Waals surface area contributed by atoms with Gasteiger partial charge in [0.05, 0.1) is 5.92 Å². The molecule has 164 valence electrons.